The molecule has 5 heteroatoms. The molecule has 1 heterocycles. The minimum atomic E-state index is -0.629. The Morgan fingerprint density at radius 3 is 2.53 bits per heavy atom. The minimum absolute atomic E-state index is 0.239. The summed E-state index contributed by atoms with van der Waals surface area (Å²) >= 11 is 11.5. The number of halogens is 2. The first kappa shape index (κ1) is 10.5. The molecule has 2 rings (SSSR count). The molecule has 1 aromatic rings. The third-order valence-electron chi connectivity index (χ3n) is 2.17. The monoisotopic (exact) mass is 244 g/mol. The van der Waals surface area contributed by atoms with Crippen molar-refractivity contribution in [3.63, 3.8) is 0 Å². The van der Waals surface area contributed by atoms with Crippen LogP contribution in [0.1, 0.15) is 31.7 Å². The summed E-state index contributed by atoms with van der Waals surface area (Å²) in [7, 11) is 0. The van der Waals surface area contributed by atoms with Crippen molar-refractivity contribution in [2.45, 2.75) is 5.38 Å². The summed E-state index contributed by atoms with van der Waals surface area (Å²) in [5, 5.41) is -0.375. The van der Waals surface area contributed by atoms with E-state index in [0.29, 0.717) is 5.56 Å². The lowest BCUT2D eigenvalue weighted by Crippen LogP contribution is -1.97. The Kier molecular flexibility index (Phi) is 2.67. The number of cyclic esters (lactones) is 2. The van der Waals surface area contributed by atoms with E-state index in [1.807, 2.05) is 0 Å². The van der Waals surface area contributed by atoms with Gasteiger partial charge in [-0.05, 0) is 17.7 Å². The van der Waals surface area contributed by atoms with Gasteiger partial charge >= 0.3 is 11.9 Å². The summed E-state index contributed by atoms with van der Waals surface area (Å²) in [6.07, 6.45) is 0. The first-order valence-corrected chi connectivity index (χ1v) is 5.21. The highest BCUT2D eigenvalue weighted by Gasteiger charge is 2.30. The molecule has 0 fully saturated rings. The van der Waals surface area contributed by atoms with Gasteiger partial charge in [0.1, 0.15) is 0 Å². The molecule has 1 aliphatic heterocycles. The maximum absolute atomic E-state index is 11.2. The van der Waals surface area contributed by atoms with Crippen LogP contribution in [-0.2, 0) is 4.74 Å². The molecule has 1 unspecified atom stereocenters. The predicted molar refractivity (Wildman–Crippen MR) is 55.5 cm³/mol. The topological polar surface area (TPSA) is 43.4 Å². The van der Waals surface area contributed by atoms with E-state index in [0.717, 1.165) is 0 Å². The minimum Gasteiger partial charge on any atom is -0.386 e. The van der Waals surface area contributed by atoms with Crippen molar-refractivity contribution in [1.29, 1.82) is 0 Å². The zero-order valence-corrected chi connectivity index (χ0v) is 9.01. The molecule has 0 aliphatic carbocycles. The second-order valence-electron chi connectivity index (χ2n) is 3.10. The summed E-state index contributed by atoms with van der Waals surface area (Å²) < 4.78 is 4.45. The molecule has 0 spiro atoms. The van der Waals surface area contributed by atoms with Crippen LogP contribution in [0.15, 0.2) is 18.2 Å². The molecule has 0 N–H and O–H groups in total. The van der Waals surface area contributed by atoms with Crippen molar-refractivity contribution in [3.05, 3.63) is 34.9 Å². The van der Waals surface area contributed by atoms with Gasteiger partial charge in [-0.15, -0.1) is 23.2 Å². The lowest BCUT2D eigenvalue weighted by atomic mass is 10.0. The van der Waals surface area contributed by atoms with Gasteiger partial charge in [0, 0.05) is 5.88 Å². The van der Waals surface area contributed by atoms with Gasteiger partial charge < -0.3 is 4.74 Å². The van der Waals surface area contributed by atoms with E-state index in [9.17, 15) is 9.59 Å². The molecule has 1 aromatic carbocycles. The SMILES string of the molecule is O=C1OC(=O)c2cc(C(Cl)CCl)ccc21. The van der Waals surface area contributed by atoms with Gasteiger partial charge in [0.25, 0.3) is 0 Å². The zero-order chi connectivity index (χ0) is 11.0. The van der Waals surface area contributed by atoms with Crippen molar-refractivity contribution in [2.75, 3.05) is 5.88 Å². The van der Waals surface area contributed by atoms with E-state index in [1.165, 1.54) is 6.07 Å². The molecule has 0 saturated heterocycles. The average molecular weight is 245 g/mol. The molecular formula is C10H6Cl2O3. The number of alkyl halides is 2. The number of ether oxygens (including phenoxy) is 1. The van der Waals surface area contributed by atoms with Crippen molar-refractivity contribution in [2.24, 2.45) is 0 Å². The lowest BCUT2D eigenvalue weighted by Gasteiger charge is -2.05. The number of rotatable bonds is 2. The van der Waals surface area contributed by atoms with Crippen molar-refractivity contribution in [1.82, 2.24) is 0 Å². The van der Waals surface area contributed by atoms with Gasteiger partial charge in [-0.25, -0.2) is 9.59 Å². The highest BCUT2D eigenvalue weighted by Crippen LogP contribution is 2.27. The van der Waals surface area contributed by atoms with E-state index >= 15 is 0 Å². The predicted octanol–water partition coefficient (Wildman–Crippen LogP) is 2.52. The molecular weight excluding hydrogens is 239 g/mol. The number of carbonyl (C=O) groups is 2. The van der Waals surface area contributed by atoms with Crippen molar-refractivity contribution < 1.29 is 14.3 Å². The first-order valence-electron chi connectivity index (χ1n) is 4.24. The Bertz CT molecular complexity index is 442. The molecule has 15 heavy (non-hydrogen) atoms. The molecule has 0 aromatic heterocycles. The van der Waals surface area contributed by atoms with Crippen LogP contribution in [0.2, 0.25) is 0 Å². The number of esters is 2. The second-order valence-corrected chi connectivity index (χ2v) is 3.94. The molecule has 1 atom stereocenters. The van der Waals surface area contributed by atoms with Gasteiger partial charge in [-0.3, -0.25) is 0 Å². The quantitative estimate of drug-likeness (QED) is 0.456. The van der Waals surface area contributed by atoms with Gasteiger partial charge in [-0.2, -0.15) is 0 Å². The molecule has 0 radical (unpaired) electrons. The van der Waals surface area contributed by atoms with Crippen LogP contribution >= 0.6 is 23.2 Å². The molecule has 0 saturated carbocycles. The van der Waals surface area contributed by atoms with E-state index in [4.69, 9.17) is 23.2 Å². The molecule has 0 amide bonds. The fourth-order valence-corrected chi connectivity index (χ4v) is 1.70. The van der Waals surface area contributed by atoms with Gasteiger partial charge in [-0.1, -0.05) is 6.07 Å². The Morgan fingerprint density at radius 1 is 1.20 bits per heavy atom. The van der Waals surface area contributed by atoms with Crippen LogP contribution in [0, 0.1) is 0 Å². The Morgan fingerprint density at radius 2 is 1.87 bits per heavy atom. The van der Waals surface area contributed by atoms with Crippen LogP contribution in [0.4, 0.5) is 0 Å². The van der Waals surface area contributed by atoms with E-state index in [2.05, 4.69) is 4.74 Å². The summed E-state index contributed by atoms with van der Waals surface area (Å²) in [4.78, 5) is 22.3. The van der Waals surface area contributed by atoms with Gasteiger partial charge in [0.05, 0.1) is 16.5 Å². The standard InChI is InChI=1S/C10H6Cl2O3/c11-4-8(12)5-1-2-6-7(3-5)10(14)15-9(6)13/h1-3,8H,4H2. The molecule has 3 nitrogen and oxygen atoms in total. The average Bonchev–Trinajstić information content (AvgIpc) is 2.53. The van der Waals surface area contributed by atoms with Crippen LogP contribution in [0.3, 0.4) is 0 Å². The summed E-state index contributed by atoms with van der Waals surface area (Å²) in [6, 6.07) is 4.74. The molecule has 78 valence electrons. The fourth-order valence-electron chi connectivity index (χ4n) is 1.39. The number of hydrogen-bond acceptors (Lipinski definition) is 3. The first-order chi connectivity index (χ1) is 7.13. The highest BCUT2D eigenvalue weighted by molar-refractivity contribution is 6.28. The Labute approximate surface area is 95.9 Å². The van der Waals surface area contributed by atoms with E-state index in [-0.39, 0.29) is 22.4 Å². The second kappa shape index (κ2) is 3.83. The lowest BCUT2D eigenvalue weighted by molar-refractivity contribution is 0.0444. The summed E-state index contributed by atoms with van der Waals surface area (Å²) in [5.74, 6) is -1.00. The number of hydrogen-bond donors (Lipinski definition) is 0. The van der Waals surface area contributed by atoms with Crippen LogP contribution in [0.25, 0.3) is 0 Å². The Hall–Kier alpha value is -1.06. The maximum atomic E-state index is 11.2. The van der Waals surface area contributed by atoms with Crippen molar-refractivity contribution >= 4 is 35.1 Å². The fraction of sp³-hybridized carbons (Fsp3) is 0.200. The van der Waals surface area contributed by atoms with E-state index in [1.54, 1.807) is 12.1 Å². The smallest absolute Gasteiger partial charge is 0.346 e. The van der Waals surface area contributed by atoms with Crippen molar-refractivity contribution in [3.8, 4) is 0 Å². The third kappa shape index (κ3) is 1.73. The van der Waals surface area contributed by atoms with Crippen LogP contribution in [-0.4, -0.2) is 17.8 Å². The zero-order valence-electron chi connectivity index (χ0n) is 7.50. The molecule has 0 bridgehead atoms. The highest BCUT2D eigenvalue weighted by atomic mass is 35.5. The van der Waals surface area contributed by atoms with Crippen LogP contribution < -0.4 is 0 Å². The Balaban J connectivity index is 2.47. The summed E-state index contributed by atoms with van der Waals surface area (Å²) in [5.41, 5.74) is 1.24. The summed E-state index contributed by atoms with van der Waals surface area (Å²) in [6.45, 7) is 0. The maximum Gasteiger partial charge on any atom is 0.346 e. The number of benzene rings is 1. The number of carbonyl (C=O) groups excluding carboxylic acids is 2. The largest absolute Gasteiger partial charge is 0.386 e. The molecule has 1 aliphatic rings. The van der Waals surface area contributed by atoms with Crippen LogP contribution in [0.5, 0.6) is 0 Å². The van der Waals surface area contributed by atoms with E-state index < -0.39 is 11.9 Å². The van der Waals surface area contributed by atoms with Gasteiger partial charge in [0.15, 0.2) is 0 Å². The number of fused-ring (bicyclic) bond motifs is 1. The third-order valence-corrected chi connectivity index (χ3v) is 3.04. The normalized spacial score (nSPS) is 16.1. The van der Waals surface area contributed by atoms with Gasteiger partial charge in [0.2, 0.25) is 0 Å².